The van der Waals surface area contributed by atoms with Crippen LogP contribution >= 0.6 is 0 Å². The molecule has 0 aliphatic carbocycles. The molecule has 0 aliphatic rings. The highest BCUT2D eigenvalue weighted by molar-refractivity contribution is 4.54. The average molecular weight is 483 g/mol. The van der Waals surface area contributed by atoms with Gasteiger partial charge in [-0.05, 0) is 33.9 Å². The summed E-state index contributed by atoms with van der Waals surface area (Å²) < 4.78 is 20.5. The Morgan fingerprint density at radius 3 is 1.22 bits per heavy atom. The van der Waals surface area contributed by atoms with Crippen molar-refractivity contribution in [2.45, 2.75) is 114 Å². The molecule has 0 rings (SSSR count). The lowest BCUT2D eigenvalue weighted by Gasteiger charge is -2.12. The SMILES string of the molecule is C.C.C.C.C.C.C.C.C.C.CCCNCC(C)OCCOC.CNCC(C)OCCOC. The van der Waals surface area contributed by atoms with E-state index >= 15 is 0 Å². The Hall–Kier alpha value is -0.240. The summed E-state index contributed by atoms with van der Waals surface area (Å²) in [6.45, 7) is 11.9. The molecule has 0 saturated carbocycles. The molecule has 2 N–H and O–H groups in total. The molecule has 2 unspecified atom stereocenters. The van der Waals surface area contributed by atoms with E-state index in [0.717, 1.165) is 19.6 Å². The predicted molar refractivity (Wildman–Crippen MR) is 159 cm³/mol. The molecule has 2 atom stereocenters. The highest BCUT2D eigenvalue weighted by Gasteiger charge is 1.99. The zero-order valence-corrected chi connectivity index (χ0v) is 15.4. The first-order valence-electron chi connectivity index (χ1n) is 8.18. The van der Waals surface area contributed by atoms with Gasteiger partial charge in [0.25, 0.3) is 0 Å². The van der Waals surface area contributed by atoms with Crippen LogP contribution in [0.4, 0.5) is 0 Å². The summed E-state index contributed by atoms with van der Waals surface area (Å²) in [4.78, 5) is 0. The largest absolute Gasteiger partial charge is 0.382 e. The van der Waals surface area contributed by atoms with E-state index in [-0.39, 0.29) is 86.5 Å². The number of hydrogen-bond acceptors (Lipinski definition) is 6. The maximum absolute atomic E-state index is 5.44. The van der Waals surface area contributed by atoms with Crippen molar-refractivity contribution in [1.29, 1.82) is 0 Å². The third-order valence-electron chi connectivity index (χ3n) is 2.73. The Morgan fingerprint density at radius 2 is 0.938 bits per heavy atom. The van der Waals surface area contributed by atoms with Crippen LogP contribution in [-0.2, 0) is 18.9 Å². The fourth-order valence-corrected chi connectivity index (χ4v) is 1.55. The molecule has 32 heavy (non-hydrogen) atoms. The van der Waals surface area contributed by atoms with Crippen molar-refractivity contribution in [2.24, 2.45) is 0 Å². The number of rotatable bonds is 14. The lowest BCUT2D eigenvalue weighted by Crippen LogP contribution is -2.28. The van der Waals surface area contributed by atoms with Gasteiger partial charge in [-0.15, -0.1) is 0 Å². The van der Waals surface area contributed by atoms with Crippen LogP contribution in [0.2, 0.25) is 0 Å². The average Bonchev–Trinajstić information content (AvgIpc) is 2.49. The normalized spacial score (nSPS) is 9.19. The van der Waals surface area contributed by atoms with Gasteiger partial charge in [0.1, 0.15) is 0 Å². The molecule has 0 aliphatic heterocycles. The number of methoxy groups -OCH3 is 2. The highest BCUT2D eigenvalue weighted by atomic mass is 16.5. The van der Waals surface area contributed by atoms with E-state index in [1.54, 1.807) is 14.2 Å². The van der Waals surface area contributed by atoms with Crippen LogP contribution in [0.15, 0.2) is 0 Å². The third-order valence-corrected chi connectivity index (χ3v) is 2.73. The Kier molecular flexibility index (Phi) is 168. The van der Waals surface area contributed by atoms with Gasteiger partial charge in [-0.25, -0.2) is 0 Å². The fraction of sp³-hybridized carbons (Fsp3) is 1.00. The summed E-state index contributed by atoms with van der Waals surface area (Å²) in [5.74, 6) is 0. The van der Waals surface area contributed by atoms with E-state index in [9.17, 15) is 0 Å². The summed E-state index contributed by atoms with van der Waals surface area (Å²) in [5.41, 5.74) is 0. The van der Waals surface area contributed by atoms with E-state index in [4.69, 9.17) is 18.9 Å². The molecule has 0 aromatic carbocycles. The Balaban J connectivity index is -0.0000000192. The van der Waals surface area contributed by atoms with Gasteiger partial charge in [-0.2, -0.15) is 0 Å². The van der Waals surface area contributed by atoms with Gasteiger partial charge in [-0.3, -0.25) is 0 Å². The van der Waals surface area contributed by atoms with Crippen molar-refractivity contribution in [3.05, 3.63) is 0 Å². The van der Waals surface area contributed by atoms with Gasteiger partial charge in [0.15, 0.2) is 0 Å². The smallest absolute Gasteiger partial charge is 0.0704 e. The Morgan fingerprint density at radius 1 is 0.594 bits per heavy atom. The summed E-state index contributed by atoms with van der Waals surface area (Å²) in [6.07, 6.45) is 1.73. The second kappa shape index (κ2) is 69.8. The van der Waals surface area contributed by atoms with E-state index in [0.29, 0.717) is 26.4 Å². The number of likely N-dealkylation sites (N-methyl/N-ethyl adjacent to an activating group) is 1. The summed E-state index contributed by atoms with van der Waals surface area (Å²) in [6, 6.07) is 0. The minimum absolute atomic E-state index is 0. The third kappa shape index (κ3) is 78.0. The molecule has 6 heteroatoms. The molecule has 0 bridgehead atoms. The van der Waals surface area contributed by atoms with Crippen LogP contribution in [0, 0.1) is 0 Å². The lowest BCUT2D eigenvalue weighted by atomic mass is 10.4. The maximum Gasteiger partial charge on any atom is 0.0704 e. The van der Waals surface area contributed by atoms with E-state index in [1.165, 1.54) is 6.42 Å². The molecule has 6 nitrogen and oxygen atoms in total. The van der Waals surface area contributed by atoms with Gasteiger partial charge < -0.3 is 29.6 Å². The van der Waals surface area contributed by atoms with Crippen molar-refractivity contribution in [3.8, 4) is 0 Å². The minimum Gasteiger partial charge on any atom is -0.382 e. The van der Waals surface area contributed by atoms with Crippen LogP contribution in [0.5, 0.6) is 0 Å². The van der Waals surface area contributed by atoms with Gasteiger partial charge >= 0.3 is 0 Å². The van der Waals surface area contributed by atoms with Crippen LogP contribution in [0.1, 0.15) is 101 Å². The molecular formula is C26H78N2O4. The fourth-order valence-electron chi connectivity index (χ4n) is 1.55. The summed E-state index contributed by atoms with van der Waals surface area (Å²) in [7, 11) is 5.27. The van der Waals surface area contributed by atoms with Crippen LogP contribution < -0.4 is 10.6 Å². The first-order valence-corrected chi connectivity index (χ1v) is 8.18. The van der Waals surface area contributed by atoms with Crippen LogP contribution in [0.25, 0.3) is 0 Å². The maximum atomic E-state index is 5.44. The Bertz CT molecular complexity index is 191. The van der Waals surface area contributed by atoms with E-state index in [1.807, 2.05) is 14.0 Å². The summed E-state index contributed by atoms with van der Waals surface area (Å²) >= 11 is 0. The molecule has 0 saturated heterocycles. The molecule has 0 fully saturated rings. The lowest BCUT2D eigenvalue weighted by molar-refractivity contribution is 0.0268. The second-order valence-electron chi connectivity index (χ2n) is 5.11. The molecule has 0 radical (unpaired) electrons. The van der Waals surface area contributed by atoms with Gasteiger partial charge in [0, 0.05) is 27.3 Å². The first-order chi connectivity index (χ1) is 10.6. The molecule has 0 aromatic heterocycles. The highest BCUT2D eigenvalue weighted by Crippen LogP contribution is 1.88. The van der Waals surface area contributed by atoms with E-state index < -0.39 is 0 Å². The zero-order valence-electron chi connectivity index (χ0n) is 15.4. The van der Waals surface area contributed by atoms with Gasteiger partial charge in [0.2, 0.25) is 0 Å². The van der Waals surface area contributed by atoms with Crippen LogP contribution in [-0.4, -0.2) is 79.5 Å². The topological polar surface area (TPSA) is 61.0 Å². The van der Waals surface area contributed by atoms with Crippen LogP contribution in [0.3, 0.4) is 0 Å². The van der Waals surface area contributed by atoms with Crippen molar-refractivity contribution in [2.75, 3.05) is 67.3 Å². The Labute approximate surface area is 210 Å². The van der Waals surface area contributed by atoms with Crippen molar-refractivity contribution < 1.29 is 18.9 Å². The molecule has 0 heterocycles. The van der Waals surface area contributed by atoms with Gasteiger partial charge in [-0.1, -0.05) is 81.2 Å². The minimum atomic E-state index is 0. The summed E-state index contributed by atoms with van der Waals surface area (Å²) in [5, 5.41) is 6.32. The van der Waals surface area contributed by atoms with Gasteiger partial charge in [0.05, 0.1) is 38.6 Å². The monoisotopic (exact) mass is 483 g/mol. The zero-order chi connectivity index (χ0) is 17.1. The molecule has 0 spiro atoms. The van der Waals surface area contributed by atoms with Crippen molar-refractivity contribution in [3.63, 3.8) is 0 Å². The second-order valence-corrected chi connectivity index (χ2v) is 5.11. The number of nitrogens with one attached hydrogen (secondary N) is 2. The van der Waals surface area contributed by atoms with E-state index in [2.05, 4.69) is 24.5 Å². The molecule has 0 aromatic rings. The standard InChI is InChI=1S/C9H21NO2.C7H17NO2.10CH4/c1-4-5-10-8-9(2)12-7-6-11-3;1-7(6-8-2)10-5-4-9-3;;;;;;;;;;/h9-10H,4-8H2,1-3H3;7-8H,4-6H2,1-3H3;10*1H4. The first kappa shape index (κ1) is 77.0. The molecule has 0 amide bonds. The predicted octanol–water partition coefficient (Wildman–Crippen LogP) is 7.66. The quantitative estimate of drug-likeness (QED) is 0.248. The molecule has 216 valence electrons. The number of ether oxygens (including phenoxy) is 4. The van der Waals surface area contributed by atoms with Crippen molar-refractivity contribution in [1.82, 2.24) is 10.6 Å². The molecular weight excluding hydrogens is 404 g/mol. The van der Waals surface area contributed by atoms with Crippen molar-refractivity contribution >= 4 is 0 Å². The number of hydrogen-bond donors (Lipinski definition) is 2.